The molecule has 0 atom stereocenters. The predicted molar refractivity (Wildman–Crippen MR) is 96.6 cm³/mol. The Hall–Kier alpha value is -1.65. The molecule has 24 heavy (non-hydrogen) atoms. The third kappa shape index (κ3) is 4.92. The van der Waals surface area contributed by atoms with Gasteiger partial charge in [0.05, 0.1) is 6.61 Å². The minimum atomic E-state index is -0.246. The molecule has 1 aromatic rings. The van der Waals surface area contributed by atoms with E-state index in [1.807, 2.05) is 0 Å². The van der Waals surface area contributed by atoms with Gasteiger partial charge in [0.2, 0.25) is 5.91 Å². The maximum Gasteiger partial charge on any atom is 0.244 e. The predicted octanol–water partition coefficient (Wildman–Crippen LogP) is 2.94. The molecule has 0 bridgehead atoms. The SMILES string of the molecule is Cc1ccc(/C(=C/C(=O)NCC2(CO)CCOCC2)C(C)C)cc1. The number of nitrogens with one attached hydrogen (secondary N) is 1. The van der Waals surface area contributed by atoms with Crippen LogP contribution < -0.4 is 5.32 Å². The Morgan fingerprint density at radius 1 is 1.29 bits per heavy atom. The fourth-order valence-corrected chi connectivity index (χ4v) is 2.99. The number of aryl methyl sites for hydroxylation is 1. The summed E-state index contributed by atoms with van der Waals surface area (Å²) in [5, 5.41) is 12.7. The van der Waals surface area contributed by atoms with E-state index in [4.69, 9.17) is 4.74 Å². The molecule has 4 nitrogen and oxygen atoms in total. The molecule has 0 unspecified atom stereocenters. The van der Waals surface area contributed by atoms with E-state index in [0.29, 0.717) is 19.8 Å². The highest BCUT2D eigenvalue weighted by Crippen LogP contribution is 2.29. The van der Waals surface area contributed by atoms with E-state index in [1.54, 1.807) is 6.08 Å². The molecule has 1 amide bonds. The number of carbonyl (C=O) groups is 1. The summed E-state index contributed by atoms with van der Waals surface area (Å²) in [7, 11) is 0. The van der Waals surface area contributed by atoms with Crippen LogP contribution in [0.3, 0.4) is 0 Å². The molecule has 1 heterocycles. The van der Waals surface area contributed by atoms with Crippen molar-refractivity contribution in [1.82, 2.24) is 5.32 Å². The first-order valence-corrected chi connectivity index (χ1v) is 8.71. The van der Waals surface area contributed by atoms with Crippen LogP contribution in [0.1, 0.15) is 37.8 Å². The molecular formula is C20H29NO3. The Morgan fingerprint density at radius 3 is 2.46 bits per heavy atom. The fraction of sp³-hybridized carbons (Fsp3) is 0.550. The van der Waals surface area contributed by atoms with Crippen LogP contribution in [-0.4, -0.2) is 37.4 Å². The third-order valence-electron chi connectivity index (χ3n) is 4.82. The van der Waals surface area contributed by atoms with Crippen molar-refractivity contribution in [3.8, 4) is 0 Å². The smallest absolute Gasteiger partial charge is 0.244 e. The fourth-order valence-electron chi connectivity index (χ4n) is 2.99. The highest BCUT2D eigenvalue weighted by molar-refractivity contribution is 5.95. The average molecular weight is 331 g/mol. The van der Waals surface area contributed by atoms with Crippen LogP contribution in [0.15, 0.2) is 30.3 Å². The maximum atomic E-state index is 12.4. The van der Waals surface area contributed by atoms with Gasteiger partial charge in [0.1, 0.15) is 0 Å². The zero-order valence-electron chi connectivity index (χ0n) is 15.0. The number of aliphatic hydroxyl groups is 1. The first kappa shape index (κ1) is 18.7. The lowest BCUT2D eigenvalue weighted by molar-refractivity contribution is -0.117. The van der Waals surface area contributed by atoms with Gasteiger partial charge in [0.15, 0.2) is 0 Å². The molecule has 0 spiro atoms. The van der Waals surface area contributed by atoms with Crippen molar-refractivity contribution < 1.29 is 14.6 Å². The van der Waals surface area contributed by atoms with E-state index in [2.05, 4.69) is 50.4 Å². The third-order valence-corrected chi connectivity index (χ3v) is 4.82. The van der Waals surface area contributed by atoms with Gasteiger partial charge in [0.25, 0.3) is 0 Å². The Morgan fingerprint density at radius 2 is 1.92 bits per heavy atom. The minimum Gasteiger partial charge on any atom is -0.396 e. The van der Waals surface area contributed by atoms with Gasteiger partial charge < -0.3 is 15.2 Å². The molecule has 132 valence electrons. The molecule has 1 fully saturated rings. The monoisotopic (exact) mass is 331 g/mol. The van der Waals surface area contributed by atoms with Gasteiger partial charge in [-0.3, -0.25) is 4.79 Å². The second-order valence-electron chi connectivity index (χ2n) is 7.11. The summed E-state index contributed by atoms with van der Waals surface area (Å²) in [6.45, 7) is 8.09. The van der Waals surface area contributed by atoms with Gasteiger partial charge in [0, 0.05) is 31.2 Å². The number of benzene rings is 1. The van der Waals surface area contributed by atoms with Gasteiger partial charge in [-0.2, -0.15) is 0 Å². The quantitative estimate of drug-likeness (QED) is 0.788. The summed E-state index contributed by atoms with van der Waals surface area (Å²) in [5.41, 5.74) is 3.06. The Labute approximate surface area is 144 Å². The van der Waals surface area contributed by atoms with Crippen molar-refractivity contribution in [3.05, 3.63) is 41.5 Å². The van der Waals surface area contributed by atoms with E-state index < -0.39 is 0 Å². The van der Waals surface area contributed by atoms with Crippen molar-refractivity contribution >= 4 is 11.5 Å². The van der Waals surface area contributed by atoms with Gasteiger partial charge in [-0.25, -0.2) is 0 Å². The number of aliphatic hydroxyl groups excluding tert-OH is 1. The maximum absolute atomic E-state index is 12.4. The zero-order valence-corrected chi connectivity index (χ0v) is 15.0. The molecule has 1 aliphatic heterocycles. The largest absolute Gasteiger partial charge is 0.396 e. The molecule has 0 saturated carbocycles. The minimum absolute atomic E-state index is 0.0787. The molecule has 0 aliphatic carbocycles. The van der Waals surface area contributed by atoms with E-state index in [-0.39, 0.29) is 23.8 Å². The summed E-state index contributed by atoms with van der Waals surface area (Å²) in [5.74, 6) is 0.159. The van der Waals surface area contributed by atoms with Gasteiger partial charge >= 0.3 is 0 Å². The second kappa shape index (κ2) is 8.45. The molecule has 4 heteroatoms. The van der Waals surface area contributed by atoms with Crippen LogP contribution in [0.25, 0.3) is 5.57 Å². The van der Waals surface area contributed by atoms with E-state index in [0.717, 1.165) is 24.0 Å². The van der Waals surface area contributed by atoms with Crippen LogP contribution in [0.2, 0.25) is 0 Å². The number of amides is 1. The Kier molecular flexibility index (Phi) is 6.58. The van der Waals surface area contributed by atoms with E-state index >= 15 is 0 Å². The second-order valence-corrected chi connectivity index (χ2v) is 7.11. The van der Waals surface area contributed by atoms with Crippen molar-refractivity contribution in [2.45, 2.75) is 33.6 Å². The molecule has 1 aliphatic rings. The Balaban J connectivity index is 2.06. The lowest BCUT2D eigenvalue weighted by Crippen LogP contribution is -2.43. The molecule has 1 saturated heterocycles. The first-order chi connectivity index (χ1) is 11.5. The van der Waals surface area contributed by atoms with Crippen LogP contribution in [0, 0.1) is 18.3 Å². The standard InChI is InChI=1S/C20H29NO3/c1-15(2)18(17-6-4-16(3)5-7-17)12-19(23)21-13-20(14-22)8-10-24-11-9-20/h4-7,12,15,22H,8-11,13-14H2,1-3H3,(H,21,23)/b18-12+. The number of hydrogen-bond donors (Lipinski definition) is 2. The summed E-state index contributed by atoms with van der Waals surface area (Å²) in [6, 6.07) is 8.24. The molecule has 1 aromatic carbocycles. The summed E-state index contributed by atoms with van der Waals surface area (Å²) < 4.78 is 5.36. The van der Waals surface area contributed by atoms with Crippen LogP contribution >= 0.6 is 0 Å². The zero-order chi connectivity index (χ0) is 17.6. The summed E-state index contributed by atoms with van der Waals surface area (Å²) in [4.78, 5) is 12.4. The van der Waals surface area contributed by atoms with Crippen LogP contribution in [-0.2, 0) is 9.53 Å². The van der Waals surface area contributed by atoms with Crippen molar-refractivity contribution in [1.29, 1.82) is 0 Å². The summed E-state index contributed by atoms with van der Waals surface area (Å²) in [6.07, 6.45) is 3.25. The number of hydrogen-bond acceptors (Lipinski definition) is 3. The topological polar surface area (TPSA) is 58.6 Å². The molecule has 2 rings (SSSR count). The highest BCUT2D eigenvalue weighted by atomic mass is 16.5. The Bertz CT molecular complexity index is 569. The van der Waals surface area contributed by atoms with Crippen molar-refractivity contribution in [2.24, 2.45) is 11.3 Å². The van der Waals surface area contributed by atoms with E-state index in [9.17, 15) is 9.90 Å². The number of carbonyl (C=O) groups excluding carboxylic acids is 1. The van der Waals surface area contributed by atoms with Crippen molar-refractivity contribution in [2.75, 3.05) is 26.4 Å². The van der Waals surface area contributed by atoms with Gasteiger partial charge in [-0.05, 0) is 36.8 Å². The molecule has 2 N–H and O–H groups in total. The molecule has 0 radical (unpaired) electrons. The summed E-state index contributed by atoms with van der Waals surface area (Å²) >= 11 is 0. The van der Waals surface area contributed by atoms with Gasteiger partial charge in [-0.15, -0.1) is 0 Å². The number of ether oxygens (including phenoxy) is 1. The van der Waals surface area contributed by atoms with Crippen LogP contribution in [0.4, 0.5) is 0 Å². The van der Waals surface area contributed by atoms with Crippen molar-refractivity contribution in [3.63, 3.8) is 0 Å². The average Bonchev–Trinajstić information content (AvgIpc) is 2.59. The molecule has 0 aromatic heterocycles. The highest BCUT2D eigenvalue weighted by Gasteiger charge is 2.32. The van der Waals surface area contributed by atoms with E-state index in [1.165, 1.54) is 5.56 Å². The normalized spacial score (nSPS) is 17.8. The number of rotatable bonds is 6. The van der Waals surface area contributed by atoms with Crippen LogP contribution in [0.5, 0.6) is 0 Å². The lowest BCUT2D eigenvalue weighted by atomic mass is 9.81. The first-order valence-electron chi connectivity index (χ1n) is 8.71. The lowest BCUT2D eigenvalue weighted by Gasteiger charge is -2.35. The van der Waals surface area contributed by atoms with Gasteiger partial charge in [-0.1, -0.05) is 43.7 Å². The molecular weight excluding hydrogens is 302 g/mol. The number of allylic oxidation sites excluding steroid dienone is 1.